The van der Waals surface area contributed by atoms with E-state index in [1.54, 1.807) is 37.3 Å². The fourth-order valence-electron chi connectivity index (χ4n) is 4.27. The molecule has 1 fully saturated rings. The van der Waals surface area contributed by atoms with E-state index < -0.39 is 21.9 Å². The summed E-state index contributed by atoms with van der Waals surface area (Å²) in [5.74, 6) is -0.312. The second-order valence-electron chi connectivity index (χ2n) is 8.50. The first-order chi connectivity index (χ1) is 17.9. The number of sulfonamides is 1. The van der Waals surface area contributed by atoms with E-state index in [2.05, 4.69) is 30.9 Å². The maximum absolute atomic E-state index is 14.8. The summed E-state index contributed by atoms with van der Waals surface area (Å²) in [4.78, 5) is 24.0. The summed E-state index contributed by atoms with van der Waals surface area (Å²) in [6.45, 7) is 4.32. The number of fused-ring (bicyclic) bond motifs is 1. The number of nitrogens with zero attached hydrogens (tertiary/aromatic N) is 3. The molecule has 10 nitrogen and oxygen atoms in total. The average molecular weight is 524 g/mol. The second-order valence-corrected chi connectivity index (χ2v) is 10.4. The first kappa shape index (κ1) is 24.8. The van der Waals surface area contributed by atoms with Crippen LogP contribution in [0.5, 0.6) is 0 Å². The standard InChI is InChI=1S/C25H26FN7O3S/c1-2-28-25(34)32-24-30-21-15-17(14-19(23(21)31-24)22-20(26)4-3-9-29-22)16-5-7-18(8-6-16)37(35,36)33-12-10-27-11-13-33/h3-9,14-15,27H,2,10-13H2,1H3,(H3,28,30,31,32,34). The molecule has 1 aliphatic rings. The lowest BCUT2D eigenvalue weighted by molar-refractivity contribution is 0.252. The van der Waals surface area contributed by atoms with E-state index in [1.807, 2.05) is 6.07 Å². The Morgan fingerprint density at radius 3 is 2.57 bits per heavy atom. The van der Waals surface area contributed by atoms with Crippen molar-refractivity contribution < 1.29 is 17.6 Å². The summed E-state index contributed by atoms with van der Waals surface area (Å²) in [6.07, 6.45) is 1.49. The number of urea groups is 1. The number of aromatic amines is 1. The van der Waals surface area contributed by atoms with Crippen molar-refractivity contribution in [3.05, 3.63) is 60.5 Å². The molecule has 0 bridgehead atoms. The number of aromatic nitrogens is 3. The first-order valence-corrected chi connectivity index (χ1v) is 13.3. The number of carbonyl (C=O) groups excluding carboxylic acids is 1. The fraction of sp³-hybridized carbons (Fsp3) is 0.240. The number of carbonyl (C=O) groups is 1. The monoisotopic (exact) mass is 523 g/mol. The van der Waals surface area contributed by atoms with Crippen LogP contribution in [0.2, 0.25) is 0 Å². The highest BCUT2D eigenvalue weighted by atomic mass is 32.2. The van der Waals surface area contributed by atoms with Gasteiger partial charge < -0.3 is 15.6 Å². The Morgan fingerprint density at radius 2 is 1.86 bits per heavy atom. The van der Waals surface area contributed by atoms with Crippen LogP contribution in [0.15, 0.2) is 59.6 Å². The molecule has 0 spiro atoms. The van der Waals surface area contributed by atoms with Crippen molar-refractivity contribution in [2.45, 2.75) is 11.8 Å². The van der Waals surface area contributed by atoms with E-state index in [0.717, 1.165) is 5.56 Å². The number of benzene rings is 2. The van der Waals surface area contributed by atoms with Crippen molar-refractivity contribution in [1.82, 2.24) is 29.9 Å². The molecule has 3 heterocycles. The van der Waals surface area contributed by atoms with Crippen molar-refractivity contribution in [2.24, 2.45) is 0 Å². The van der Waals surface area contributed by atoms with Gasteiger partial charge in [0.25, 0.3) is 0 Å². The van der Waals surface area contributed by atoms with E-state index >= 15 is 0 Å². The largest absolute Gasteiger partial charge is 0.338 e. The van der Waals surface area contributed by atoms with Crippen LogP contribution in [0.25, 0.3) is 33.4 Å². The Hall–Kier alpha value is -3.87. The van der Waals surface area contributed by atoms with Crippen LogP contribution >= 0.6 is 0 Å². The van der Waals surface area contributed by atoms with Crippen LogP contribution in [0.3, 0.4) is 0 Å². The smallest absolute Gasteiger partial charge is 0.321 e. The number of halogens is 1. The fourth-order valence-corrected chi connectivity index (χ4v) is 5.71. The molecule has 2 amide bonds. The van der Waals surface area contributed by atoms with E-state index in [4.69, 9.17) is 0 Å². The van der Waals surface area contributed by atoms with Crippen LogP contribution < -0.4 is 16.0 Å². The highest BCUT2D eigenvalue weighted by molar-refractivity contribution is 7.89. The number of nitrogens with one attached hydrogen (secondary N) is 4. The number of piperazine rings is 1. The van der Waals surface area contributed by atoms with Gasteiger partial charge >= 0.3 is 6.03 Å². The topological polar surface area (TPSA) is 132 Å². The van der Waals surface area contributed by atoms with Gasteiger partial charge in [-0.25, -0.2) is 22.6 Å². The molecular weight excluding hydrogens is 497 g/mol. The predicted molar refractivity (Wildman–Crippen MR) is 139 cm³/mol. The summed E-state index contributed by atoms with van der Waals surface area (Å²) in [7, 11) is -3.59. The zero-order chi connectivity index (χ0) is 26.0. The summed E-state index contributed by atoms with van der Waals surface area (Å²) >= 11 is 0. The van der Waals surface area contributed by atoms with Gasteiger partial charge in [0, 0.05) is 44.5 Å². The normalized spacial score (nSPS) is 14.5. The number of hydrogen-bond donors (Lipinski definition) is 4. The minimum Gasteiger partial charge on any atom is -0.338 e. The number of amides is 2. The van der Waals surface area contributed by atoms with Crippen molar-refractivity contribution in [3.63, 3.8) is 0 Å². The summed E-state index contributed by atoms with van der Waals surface area (Å²) in [5.41, 5.74) is 2.97. The molecule has 4 aromatic rings. The predicted octanol–water partition coefficient (Wildman–Crippen LogP) is 3.17. The van der Waals surface area contributed by atoms with Gasteiger partial charge in [-0.15, -0.1) is 0 Å². The molecule has 0 aliphatic carbocycles. The van der Waals surface area contributed by atoms with Crippen molar-refractivity contribution >= 4 is 33.0 Å². The molecule has 4 N–H and O–H groups in total. The average Bonchev–Trinajstić information content (AvgIpc) is 3.31. The van der Waals surface area contributed by atoms with Gasteiger partial charge in [0.2, 0.25) is 16.0 Å². The Morgan fingerprint density at radius 1 is 1.11 bits per heavy atom. The van der Waals surface area contributed by atoms with Crippen LogP contribution in [-0.4, -0.2) is 66.4 Å². The number of rotatable bonds is 6. The lowest BCUT2D eigenvalue weighted by Crippen LogP contribution is -2.46. The Kier molecular flexibility index (Phi) is 6.87. The minimum absolute atomic E-state index is 0.114. The van der Waals surface area contributed by atoms with Crippen molar-refractivity contribution in [3.8, 4) is 22.4 Å². The molecular formula is C25H26FN7O3S. The molecule has 0 unspecified atom stereocenters. The summed E-state index contributed by atoms with van der Waals surface area (Å²) < 4.78 is 42.3. The van der Waals surface area contributed by atoms with E-state index in [9.17, 15) is 17.6 Å². The maximum atomic E-state index is 14.8. The summed E-state index contributed by atoms with van der Waals surface area (Å²) in [5, 5.41) is 8.42. The SMILES string of the molecule is CCNC(=O)Nc1nc2c(-c3ncccc3F)cc(-c3ccc(S(=O)(=O)N4CCNCC4)cc3)cc2[nH]1. The highest BCUT2D eigenvalue weighted by Gasteiger charge is 2.26. The molecule has 5 rings (SSSR count). The van der Waals surface area contributed by atoms with Gasteiger partial charge in [-0.2, -0.15) is 4.31 Å². The van der Waals surface area contributed by atoms with E-state index in [0.29, 0.717) is 54.9 Å². The lowest BCUT2D eigenvalue weighted by Gasteiger charge is -2.26. The van der Waals surface area contributed by atoms with Crippen molar-refractivity contribution in [1.29, 1.82) is 0 Å². The van der Waals surface area contributed by atoms with Gasteiger partial charge in [0.1, 0.15) is 17.0 Å². The third-order valence-electron chi connectivity index (χ3n) is 6.07. The van der Waals surface area contributed by atoms with Gasteiger partial charge in [-0.3, -0.25) is 10.3 Å². The second kappa shape index (κ2) is 10.2. The molecule has 192 valence electrons. The van der Waals surface area contributed by atoms with Crippen LogP contribution in [0.1, 0.15) is 6.92 Å². The molecule has 1 aliphatic heterocycles. The third-order valence-corrected chi connectivity index (χ3v) is 7.98. The van der Waals surface area contributed by atoms with E-state index in [-0.39, 0.29) is 16.5 Å². The molecule has 0 saturated carbocycles. The van der Waals surface area contributed by atoms with Crippen LogP contribution in [0.4, 0.5) is 15.1 Å². The Bertz CT molecular complexity index is 1550. The molecule has 0 radical (unpaired) electrons. The zero-order valence-electron chi connectivity index (χ0n) is 20.1. The third kappa shape index (κ3) is 5.03. The number of hydrogen-bond acceptors (Lipinski definition) is 6. The molecule has 37 heavy (non-hydrogen) atoms. The molecule has 1 saturated heterocycles. The number of pyridine rings is 1. The molecule has 0 atom stereocenters. The number of H-pyrrole nitrogens is 1. The zero-order valence-corrected chi connectivity index (χ0v) is 20.9. The minimum atomic E-state index is -3.59. The molecule has 12 heteroatoms. The van der Waals surface area contributed by atoms with Gasteiger partial charge in [0.05, 0.1) is 10.4 Å². The van der Waals surface area contributed by atoms with Gasteiger partial charge in [-0.05, 0) is 54.4 Å². The Labute approximate surface area is 213 Å². The van der Waals surface area contributed by atoms with Crippen LogP contribution in [-0.2, 0) is 10.0 Å². The lowest BCUT2D eigenvalue weighted by atomic mass is 9.99. The van der Waals surface area contributed by atoms with Gasteiger partial charge in [0.15, 0.2) is 0 Å². The molecule has 2 aromatic heterocycles. The number of anilines is 1. The number of imidazole rings is 1. The maximum Gasteiger partial charge on any atom is 0.321 e. The van der Waals surface area contributed by atoms with Crippen LogP contribution in [0, 0.1) is 5.82 Å². The summed E-state index contributed by atoms with van der Waals surface area (Å²) in [6, 6.07) is 12.6. The first-order valence-electron chi connectivity index (χ1n) is 11.9. The van der Waals surface area contributed by atoms with Crippen molar-refractivity contribution in [2.75, 3.05) is 38.0 Å². The quantitative estimate of drug-likeness (QED) is 0.307. The Balaban J connectivity index is 1.56. The highest BCUT2D eigenvalue weighted by Crippen LogP contribution is 2.34. The molecule has 2 aromatic carbocycles. The van der Waals surface area contributed by atoms with E-state index in [1.165, 1.54) is 22.6 Å². The van der Waals surface area contributed by atoms with Gasteiger partial charge in [-0.1, -0.05) is 12.1 Å².